The number of rotatable bonds is 9. The van der Waals surface area contributed by atoms with E-state index in [1.54, 1.807) is 0 Å². The fourth-order valence-electron chi connectivity index (χ4n) is 4.57. The van der Waals surface area contributed by atoms with Gasteiger partial charge >= 0.3 is 0 Å². The van der Waals surface area contributed by atoms with E-state index in [1.807, 2.05) is 4.90 Å². The minimum atomic E-state index is -0.558. The molecule has 0 bridgehead atoms. The second kappa shape index (κ2) is 9.92. The maximum absolute atomic E-state index is 14.3. The van der Waals surface area contributed by atoms with Gasteiger partial charge in [0.05, 0.1) is 25.6 Å². The van der Waals surface area contributed by atoms with Crippen LogP contribution < -0.4 is 10.1 Å². The van der Waals surface area contributed by atoms with Crippen LogP contribution in [0.15, 0.2) is 30.5 Å². The zero-order chi connectivity index (χ0) is 24.3. The van der Waals surface area contributed by atoms with E-state index >= 15 is 0 Å². The summed E-state index contributed by atoms with van der Waals surface area (Å²) in [5, 5.41) is 18.9. The van der Waals surface area contributed by atoms with Crippen molar-refractivity contribution in [2.75, 3.05) is 26.8 Å². The van der Waals surface area contributed by atoms with Crippen molar-refractivity contribution < 1.29 is 23.8 Å². The minimum absolute atomic E-state index is 0.0129. The first-order chi connectivity index (χ1) is 16.4. The number of aliphatic hydroxyl groups is 1. The number of carbonyl (C=O) groups is 2. The van der Waals surface area contributed by atoms with E-state index < -0.39 is 5.82 Å². The predicted octanol–water partition coefficient (Wildman–Crippen LogP) is 2.45. The van der Waals surface area contributed by atoms with Crippen molar-refractivity contribution in [3.63, 3.8) is 0 Å². The van der Waals surface area contributed by atoms with E-state index in [2.05, 4.69) is 27.1 Å². The summed E-state index contributed by atoms with van der Waals surface area (Å²) in [6, 6.07) is 2.97. The highest BCUT2D eigenvalue weighted by Gasteiger charge is 2.54. The lowest BCUT2D eigenvalue weighted by atomic mass is 9.88. The third-order valence-electron chi connectivity index (χ3n) is 6.70. The molecule has 3 N–H and O–H groups in total. The molecule has 0 radical (unpaired) electrons. The molecule has 2 fully saturated rings. The summed E-state index contributed by atoms with van der Waals surface area (Å²) in [6.45, 7) is 4.73. The number of nitrogens with one attached hydrogen (secondary N) is 2. The Morgan fingerprint density at radius 2 is 2.21 bits per heavy atom. The average molecular weight is 472 g/mol. The topological polar surface area (TPSA) is 120 Å². The van der Waals surface area contributed by atoms with E-state index in [-0.39, 0.29) is 47.0 Å². The van der Waals surface area contributed by atoms with Crippen molar-refractivity contribution in [2.45, 2.75) is 44.1 Å². The molecule has 182 valence electrons. The molecular formula is C24H30FN5O4. The molecule has 2 aliphatic rings. The van der Waals surface area contributed by atoms with Crippen LogP contribution in [-0.2, 0) is 4.79 Å². The molecule has 0 unspecified atom stereocenters. The maximum Gasteiger partial charge on any atom is 0.272 e. The Morgan fingerprint density at radius 3 is 2.91 bits per heavy atom. The van der Waals surface area contributed by atoms with Gasteiger partial charge < -0.3 is 20.1 Å². The fraction of sp³-hybridized carbons (Fsp3) is 0.500. The Balaban J connectivity index is 1.38. The zero-order valence-electron chi connectivity index (χ0n) is 19.3. The Hall–Kier alpha value is -3.27. The second-order valence-electron chi connectivity index (χ2n) is 9.05. The molecule has 1 spiro atoms. The number of aliphatic hydroxyl groups excluding tert-OH is 1. The number of amides is 2. The van der Waals surface area contributed by atoms with Gasteiger partial charge in [0.1, 0.15) is 5.69 Å². The maximum atomic E-state index is 14.3. The van der Waals surface area contributed by atoms with E-state index in [9.17, 15) is 14.0 Å². The van der Waals surface area contributed by atoms with E-state index in [4.69, 9.17) is 9.84 Å². The normalized spacial score (nSPS) is 18.6. The highest BCUT2D eigenvalue weighted by Crippen LogP contribution is 2.50. The first-order valence-corrected chi connectivity index (χ1v) is 11.5. The SMILES string of the molecule is C=C(CO)CCCNC(=O)[C@H]1CCN(C(=O)c2cc(-c3cc(OC)ncc3F)n[nH]2)C2(CC2)C1. The van der Waals surface area contributed by atoms with Gasteiger partial charge in [-0.2, -0.15) is 5.10 Å². The molecule has 1 atom stereocenters. The van der Waals surface area contributed by atoms with Crippen LogP contribution in [0.2, 0.25) is 0 Å². The Morgan fingerprint density at radius 1 is 1.41 bits per heavy atom. The molecule has 10 heteroatoms. The highest BCUT2D eigenvalue weighted by atomic mass is 19.1. The van der Waals surface area contributed by atoms with Crippen LogP contribution in [0.1, 0.15) is 49.0 Å². The van der Waals surface area contributed by atoms with Gasteiger partial charge in [0.15, 0.2) is 5.82 Å². The molecular weight excluding hydrogens is 441 g/mol. The molecule has 0 aromatic carbocycles. The van der Waals surface area contributed by atoms with Crippen molar-refractivity contribution >= 4 is 11.8 Å². The van der Waals surface area contributed by atoms with Crippen LogP contribution in [0.3, 0.4) is 0 Å². The quantitative estimate of drug-likeness (QED) is 0.382. The molecule has 9 nitrogen and oxygen atoms in total. The number of nitrogens with zero attached hydrogens (tertiary/aromatic N) is 3. The Labute approximate surface area is 197 Å². The van der Waals surface area contributed by atoms with Crippen LogP contribution >= 0.6 is 0 Å². The largest absolute Gasteiger partial charge is 0.481 e. The second-order valence-corrected chi connectivity index (χ2v) is 9.05. The summed E-state index contributed by atoms with van der Waals surface area (Å²) in [6.07, 6.45) is 5.40. The van der Waals surface area contributed by atoms with E-state index in [0.717, 1.165) is 31.0 Å². The number of ether oxygens (including phenoxy) is 1. The lowest BCUT2D eigenvalue weighted by Gasteiger charge is -2.39. The number of carbonyl (C=O) groups excluding carboxylic acids is 2. The van der Waals surface area contributed by atoms with E-state index in [0.29, 0.717) is 38.0 Å². The number of piperidine rings is 1. The molecule has 34 heavy (non-hydrogen) atoms. The van der Waals surface area contributed by atoms with Gasteiger partial charge in [0.25, 0.3) is 5.91 Å². The summed E-state index contributed by atoms with van der Waals surface area (Å²) in [5.41, 5.74) is 1.22. The molecule has 3 heterocycles. The van der Waals surface area contributed by atoms with Gasteiger partial charge in [-0.1, -0.05) is 12.2 Å². The molecule has 1 saturated carbocycles. The Bertz CT molecular complexity index is 1080. The number of likely N-dealkylation sites (tertiary alicyclic amines) is 1. The highest BCUT2D eigenvalue weighted by molar-refractivity contribution is 5.94. The summed E-state index contributed by atoms with van der Waals surface area (Å²) < 4.78 is 19.3. The minimum Gasteiger partial charge on any atom is -0.481 e. The number of pyridine rings is 1. The number of hydrogen-bond donors (Lipinski definition) is 3. The van der Waals surface area contributed by atoms with Crippen molar-refractivity contribution in [3.8, 4) is 17.1 Å². The van der Waals surface area contributed by atoms with Crippen LogP contribution in [0, 0.1) is 11.7 Å². The number of H-pyrrole nitrogens is 1. The third-order valence-corrected chi connectivity index (χ3v) is 6.70. The van der Waals surface area contributed by atoms with Gasteiger partial charge in [0.2, 0.25) is 11.8 Å². The monoisotopic (exact) mass is 471 g/mol. The molecule has 1 saturated heterocycles. The number of methoxy groups -OCH3 is 1. The molecule has 2 amide bonds. The zero-order valence-corrected chi connectivity index (χ0v) is 19.3. The van der Waals surface area contributed by atoms with Crippen molar-refractivity contribution in [1.29, 1.82) is 0 Å². The lowest BCUT2D eigenvalue weighted by Crippen LogP contribution is -2.50. The van der Waals surface area contributed by atoms with Crippen molar-refractivity contribution in [3.05, 3.63) is 42.0 Å². The molecule has 1 aliphatic carbocycles. The van der Waals surface area contributed by atoms with E-state index in [1.165, 1.54) is 19.2 Å². The Kier molecular flexibility index (Phi) is 6.97. The number of aromatic nitrogens is 3. The number of halogens is 1. The third kappa shape index (κ3) is 4.96. The molecule has 2 aromatic heterocycles. The number of aromatic amines is 1. The van der Waals surface area contributed by atoms with Crippen LogP contribution in [-0.4, -0.2) is 69.3 Å². The van der Waals surface area contributed by atoms with Gasteiger partial charge in [-0.15, -0.1) is 0 Å². The van der Waals surface area contributed by atoms with Gasteiger partial charge in [-0.25, -0.2) is 9.37 Å². The average Bonchev–Trinajstić information content (AvgIpc) is 3.42. The standard InChI is InChI=1S/C24H30FN5O4/c1-15(14-31)4-3-8-26-22(32)16-5-9-30(24(12-16)6-7-24)23(33)20-11-19(28-29-20)17-10-21(34-2)27-13-18(17)25/h10-11,13,16,31H,1,3-9,12,14H2,2H3,(H,26,32)(H,28,29)/t16-/m0/s1. The summed E-state index contributed by atoms with van der Waals surface area (Å²) in [4.78, 5) is 31.6. The lowest BCUT2D eigenvalue weighted by molar-refractivity contribution is -0.127. The van der Waals surface area contributed by atoms with Gasteiger partial charge in [0, 0.05) is 36.2 Å². The first-order valence-electron chi connectivity index (χ1n) is 11.5. The predicted molar refractivity (Wildman–Crippen MR) is 123 cm³/mol. The van der Waals surface area contributed by atoms with Gasteiger partial charge in [-0.05, 0) is 44.6 Å². The van der Waals surface area contributed by atoms with Crippen molar-refractivity contribution in [1.82, 2.24) is 25.4 Å². The van der Waals surface area contributed by atoms with Crippen LogP contribution in [0.4, 0.5) is 4.39 Å². The summed E-state index contributed by atoms with van der Waals surface area (Å²) >= 11 is 0. The molecule has 2 aromatic rings. The van der Waals surface area contributed by atoms with Crippen LogP contribution in [0.25, 0.3) is 11.3 Å². The summed E-state index contributed by atoms with van der Waals surface area (Å²) in [7, 11) is 1.44. The fourth-order valence-corrected chi connectivity index (χ4v) is 4.57. The first kappa shape index (κ1) is 23.9. The number of hydrogen-bond acceptors (Lipinski definition) is 6. The molecule has 4 rings (SSSR count). The van der Waals surface area contributed by atoms with Crippen LogP contribution in [0.5, 0.6) is 5.88 Å². The molecule has 1 aliphatic heterocycles. The van der Waals surface area contributed by atoms with Gasteiger partial charge in [-0.3, -0.25) is 14.7 Å². The van der Waals surface area contributed by atoms with Crippen molar-refractivity contribution in [2.24, 2.45) is 5.92 Å². The summed E-state index contributed by atoms with van der Waals surface area (Å²) in [5.74, 6) is -0.623. The smallest absolute Gasteiger partial charge is 0.272 e.